The molecule has 1 aliphatic heterocycles. The highest BCUT2D eigenvalue weighted by atomic mass is 79.9. The molecule has 7 nitrogen and oxygen atoms in total. The Labute approximate surface area is 194 Å². The molecule has 1 saturated heterocycles. The first-order valence-corrected chi connectivity index (χ1v) is 12.6. The molecule has 1 aromatic carbocycles. The average molecular weight is 503 g/mol. The van der Waals surface area contributed by atoms with E-state index in [1.807, 2.05) is 18.2 Å². The number of aliphatic hydroxyl groups is 1. The topological polar surface area (TPSA) is 86.2 Å². The summed E-state index contributed by atoms with van der Waals surface area (Å²) < 4.78 is 2.18. The van der Waals surface area contributed by atoms with E-state index in [2.05, 4.69) is 37.5 Å². The van der Waals surface area contributed by atoms with Gasteiger partial charge in [-0.15, -0.1) is 0 Å². The summed E-state index contributed by atoms with van der Waals surface area (Å²) in [5.74, 6) is 1.42. The summed E-state index contributed by atoms with van der Waals surface area (Å²) >= 11 is 5.14. The number of aliphatic hydroxyl groups excluding tert-OH is 1. The normalized spacial score (nSPS) is 22.1. The zero-order chi connectivity index (χ0) is 21.2. The third-order valence-corrected chi connectivity index (χ3v) is 7.41. The Balaban J connectivity index is 1.38. The molecule has 0 unspecified atom stereocenters. The molecule has 0 spiro atoms. The largest absolute Gasteiger partial charge is 0.393 e. The Morgan fingerprint density at radius 2 is 1.87 bits per heavy atom. The van der Waals surface area contributed by atoms with E-state index < -0.39 is 0 Å². The summed E-state index contributed by atoms with van der Waals surface area (Å²) in [6, 6.07) is 8.45. The molecule has 1 saturated carbocycles. The van der Waals surface area contributed by atoms with E-state index in [-0.39, 0.29) is 6.10 Å². The molecule has 164 valence electrons. The van der Waals surface area contributed by atoms with E-state index in [4.69, 9.17) is 15.0 Å². The molecule has 2 aliphatic rings. The van der Waals surface area contributed by atoms with Crippen LogP contribution in [0.5, 0.6) is 0 Å². The second-order valence-electron chi connectivity index (χ2n) is 8.46. The molecule has 0 atom stereocenters. The Bertz CT molecular complexity index is 1050. The van der Waals surface area contributed by atoms with Crippen molar-refractivity contribution >= 4 is 54.4 Å². The summed E-state index contributed by atoms with van der Waals surface area (Å²) in [6.07, 6.45) is 5.89. The molecule has 9 heteroatoms. The zero-order valence-corrected chi connectivity index (χ0v) is 19.8. The van der Waals surface area contributed by atoms with Crippen LogP contribution in [0, 0.1) is 0 Å². The van der Waals surface area contributed by atoms with Gasteiger partial charge in [-0.05, 0) is 69.8 Å². The van der Waals surface area contributed by atoms with Crippen molar-refractivity contribution in [2.24, 2.45) is 0 Å². The van der Waals surface area contributed by atoms with Gasteiger partial charge in [0, 0.05) is 23.1 Å². The van der Waals surface area contributed by atoms with Gasteiger partial charge in [-0.1, -0.05) is 27.3 Å². The van der Waals surface area contributed by atoms with E-state index in [9.17, 15) is 5.11 Å². The minimum Gasteiger partial charge on any atom is -0.393 e. The van der Waals surface area contributed by atoms with Crippen LogP contribution in [0.4, 0.5) is 16.9 Å². The van der Waals surface area contributed by atoms with E-state index in [1.165, 1.54) is 12.8 Å². The van der Waals surface area contributed by atoms with Crippen molar-refractivity contribution in [2.75, 3.05) is 23.7 Å². The lowest BCUT2D eigenvalue weighted by atomic mass is 9.93. The summed E-state index contributed by atoms with van der Waals surface area (Å²) in [5.41, 5.74) is 1.99. The second-order valence-corrected chi connectivity index (χ2v) is 10.4. The van der Waals surface area contributed by atoms with Gasteiger partial charge in [-0.3, -0.25) is 4.90 Å². The molecule has 3 heterocycles. The molecule has 3 N–H and O–H groups in total. The molecule has 0 radical (unpaired) electrons. The van der Waals surface area contributed by atoms with Crippen molar-refractivity contribution in [3.05, 3.63) is 34.4 Å². The number of thiazole rings is 1. The number of rotatable bonds is 6. The quantitative estimate of drug-likeness (QED) is 0.441. The predicted molar refractivity (Wildman–Crippen MR) is 129 cm³/mol. The summed E-state index contributed by atoms with van der Waals surface area (Å²) in [4.78, 5) is 16.7. The van der Waals surface area contributed by atoms with Crippen molar-refractivity contribution in [1.82, 2.24) is 19.9 Å². The minimum absolute atomic E-state index is 0.170. The molecule has 31 heavy (non-hydrogen) atoms. The van der Waals surface area contributed by atoms with Crippen molar-refractivity contribution in [2.45, 2.75) is 57.2 Å². The van der Waals surface area contributed by atoms with Crippen LogP contribution in [0.15, 0.2) is 28.7 Å². The molecule has 2 fully saturated rings. The molecule has 1 aliphatic carbocycles. The lowest BCUT2D eigenvalue weighted by Crippen LogP contribution is -2.29. The summed E-state index contributed by atoms with van der Waals surface area (Å²) in [5, 5.41) is 17.5. The highest BCUT2D eigenvalue weighted by molar-refractivity contribution is 9.10. The van der Waals surface area contributed by atoms with Crippen molar-refractivity contribution < 1.29 is 5.11 Å². The fourth-order valence-corrected chi connectivity index (χ4v) is 5.77. The fourth-order valence-electron chi connectivity index (χ4n) is 4.34. The van der Waals surface area contributed by atoms with Crippen LogP contribution >= 0.6 is 27.3 Å². The van der Waals surface area contributed by atoms with Gasteiger partial charge in [0.05, 0.1) is 22.0 Å². The smallest absolute Gasteiger partial charge is 0.225 e. The first kappa shape index (κ1) is 21.1. The molecular formula is C22H27BrN6OS. The lowest BCUT2D eigenvalue weighted by molar-refractivity contribution is 0.126. The third-order valence-electron chi connectivity index (χ3n) is 5.98. The monoisotopic (exact) mass is 502 g/mol. The van der Waals surface area contributed by atoms with Crippen LogP contribution in [-0.2, 0) is 6.54 Å². The number of nitrogens with one attached hydrogen (secondary N) is 2. The Morgan fingerprint density at radius 3 is 2.68 bits per heavy atom. The predicted octanol–water partition coefficient (Wildman–Crippen LogP) is 4.90. The van der Waals surface area contributed by atoms with E-state index in [1.54, 1.807) is 11.3 Å². The maximum absolute atomic E-state index is 9.80. The van der Waals surface area contributed by atoms with E-state index in [0.717, 1.165) is 76.7 Å². The van der Waals surface area contributed by atoms with Gasteiger partial charge in [0.1, 0.15) is 5.82 Å². The van der Waals surface area contributed by atoms with Crippen LogP contribution in [0.2, 0.25) is 0 Å². The molecular weight excluding hydrogens is 476 g/mol. The number of likely N-dealkylation sites (tertiary alicyclic amines) is 1. The molecule has 5 rings (SSSR count). The number of anilines is 3. The molecule has 0 bridgehead atoms. The lowest BCUT2D eigenvalue weighted by Gasteiger charge is -2.26. The van der Waals surface area contributed by atoms with Gasteiger partial charge in [0.15, 0.2) is 5.13 Å². The zero-order valence-electron chi connectivity index (χ0n) is 17.4. The number of aromatic nitrogens is 3. The van der Waals surface area contributed by atoms with Gasteiger partial charge < -0.3 is 15.7 Å². The van der Waals surface area contributed by atoms with Crippen LogP contribution in [0.3, 0.4) is 0 Å². The molecule has 3 aromatic rings. The van der Waals surface area contributed by atoms with Gasteiger partial charge in [0.25, 0.3) is 0 Å². The first-order chi connectivity index (χ1) is 15.1. The van der Waals surface area contributed by atoms with Gasteiger partial charge >= 0.3 is 0 Å². The second kappa shape index (κ2) is 9.36. The van der Waals surface area contributed by atoms with Crippen LogP contribution < -0.4 is 10.6 Å². The Kier molecular flexibility index (Phi) is 6.36. The maximum atomic E-state index is 9.80. The highest BCUT2D eigenvalue weighted by Gasteiger charge is 2.21. The highest BCUT2D eigenvalue weighted by Crippen LogP contribution is 2.30. The number of fused-ring (bicyclic) bond motifs is 1. The van der Waals surface area contributed by atoms with Gasteiger partial charge in [0.2, 0.25) is 5.95 Å². The van der Waals surface area contributed by atoms with Crippen LogP contribution in [0.25, 0.3) is 10.2 Å². The van der Waals surface area contributed by atoms with E-state index in [0.29, 0.717) is 12.0 Å². The first-order valence-electron chi connectivity index (χ1n) is 11.0. The van der Waals surface area contributed by atoms with Gasteiger partial charge in [-0.25, -0.2) is 9.97 Å². The SMILES string of the molecule is OC1CCC(Nc2nc(CN3CCCC3)cc(Nc3nc4ccc(Br)cc4s3)n2)CC1. The Morgan fingerprint density at radius 1 is 1.06 bits per heavy atom. The number of halogens is 1. The van der Waals surface area contributed by atoms with Crippen molar-refractivity contribution in [1.29, 1.82) is 0 Å². The maximum Gasteiger partial charge on any atom is 0.225 e. The third kappa shape index (κ3) is 5.34. The number of nitrogens with zero attached hydrogens (tertiary/aromatic N) is 4. The molecule has 2 aromatic heterocycles. The number of hydrogen-bond acceptors (Lipinski definition) is 8. The van der Waals surface area contributed by atoms with Crippen molar-refractivity contribution in [3.8, 4) is 0 Å². The summed E-state index contributed by atoms with van der Waals surface area (Å²) in [7, 11) is 0. The van der Waals surface area contributed by atoms with Gasteiger partial charge in [-0.2, -0.15) is 4.98 Å². The standard InChI is InChI=1S/C22H27BrN6OS/c23-14-3-8-18-19(11-14)31-22(26-18)28-20-12-16(13-29-9-1-2-10-29)25-21(27-20)24-15-4-6-17(30)7-5-15/h3,8,11-12,15,17,30H,1-2,4-7,9-10,13H2,(H2,24,25,26,27,28). The van der Waals surface area contributed by atoms with E-state index >= 15 is 0 Å². The number of hydrogen-bond donors (Lipinski definition) is 3. The summed E-state index contributed by atoms with van der Waals surface area (Å²) in [6.45, 7) is 3.09. The minimum atomic E-state index is -0.170. The Hall–Kier alpha value is -1.81. The number of benzene rings is 1. The van der Waals surface area contributed by atoms with Crippen LogP contribution in [0.1, 0.15) is 44.2 Å². The average Bonchev–Trinajstić information content (AvgIpc) is 3.38. The van der Waals surface area contributed by atoms with Crippen LogP contribution in [-0.4, -0.2) is 50.2 Å². The van der Waals surface area contributed by atoms with Crippen molar-refractivity contribution in [3.63, 3.8) is 0 Å². The molecule has 0 amide bonds. The fraction of sp³-hybridized carbons (Fsp3) is 0.500.